The zero-order chi connectivity index (χ0) is 27.6. The number of carbonyl (C=O) groups excluding carboxylic acids is 1. The van der Waals surface area contributed by atoms with E-state index in [9.17, 15) is 14.9 Å². The monoisotopic (exact) mass is 525 g/mol. The number of methoxy groups -OCH3 is 1. The molecular formula is C27H37BN3O5P. The lowest BCUT2D eigenvalue weighted by Gasteiger charge is -2.39. The number of nitro groups is 1. The van der Waals surface area contributed by atoms with E-state index in [-0.39, 0.29) is 30.7 Å². The van der Waals surface area contributed by atoms with Gasteiger partial charge in [0.15, 0.2) is 5.75 Å². The second kappa shape index (κ2) is 13.2. The van der Waals surface area contributed by atoms with Crippen molar-refractivity contribution in [3.63, 3.8) is 0 Å². The third-order valence-electron chi connectivity index (χ3n) is 5.50. The normalized spacial score (nSPS) is 13.3. The minimum Gasteiger partial charge on any atom is -0.493 e. The fourth-order valence-electron chi connectivity index (χ4n) is 3.51. The van der Waals surface area contributed by atoms with Crippen molar-refractivity contribution >= 4 is 42.7 Å². The zero-order valence-electron chi connectivity index (χ0n) is 21.3. The molecule has 37 heavy (non-hydrogen) atoms. The molecule has 0 aliphatic heterocycles. The van der Waals surface area contributed by atoms with Gasteiger partial charge >= 0.3 is 6.03 Å². The molecule has 0 spiro atoms. The van der Waals surface area contributed by atoms with Crippen molar-refractivity contribution in [1.82, 2.24) is 5.32 Å². The average Bonchev–Trinajstić information content (AvgIpc) is 2.89. The van der Waals surface area contributed by atoms with E-state index in [1.807, 2.05) is 18.2 Å². The summed E-state index contributed by atoms with van der Waals surface area (Å²) in [6.45, 7) is 6.42. The molecule has 3 aromatic rings. The van der Waals surface area contributed by atoms with Gasteiger partial charge in [-0.25, -0.2) is 4.79 Å². The number of hydrogen-bond acceptors (Lipinski definition) is 5. The molecule has 10 heteroatoms. The van der Waals surface area contributed by atoms with Crippen LogP contribution in [-0.4, -0.2) is 50.1 Å². The first-order chi connectivity index (χ1) is 17.5. The third kappa shape index (κ3) is 7.78. The molecule has 3 aromatic carbocycles. The topological polar surface area (TPSA) is 114 Å². The molecule has 0 fully saturated rings. The van der Waals surface area contributed by atoms with Crippen LogP contribution in [0.4, 0.5) is 16.2 Å². The smallest absolute Gasteiger partial charge is 0.319 e. The van der Waals surface area contributed by atoms with Crippen LogP contribution in [0.3, 0.4) is 0 Å². The summed E-state index contributed by atoms with van der Waals surface area (Å²) >= 11 is 0. The second-order valence-electron chi connectivity index (χ2n) is 8.94. The van der Waals surface area contributed by atoms with E-state index in [4.69, 9.17) is 9.84 Å². The summed E-state index contributed by atoms with van der Waals surface area (Å²) in [5.41, 5.74) is 0.300. The predicted molar refractivity (Wildman–Crippen MR) is 157 cm³/mol. The van der Waals surface area contributed by atoms with E-state index in [2.05, 4.69) is 67.8 Å². The fraction of sp³-hybridized carbons (Fsp3) is 0.296. The van der Waals surface area contributed by atoms with Gasteiger partial charge in [0.2, 0.25) is 0 Å². The number of hydrogen-bond donors (Lipinski definition) is 3. The molecule has 0 bridgehead atoms. The lowest BCUT2D eigenvalue weighted by atomic mass is 9.88. The number of para-hydroxylation sites is 1. The summed E-state index contributed by atoms with van der Waals surface area (Å²) in [4.78, 5) is 23.5. The summed E-state index contributed by atoms with van der Waals surface area (Å²) in [7, 11) is 0.772. The van der Waals surface area contributed by atoms with Gasteiger partial charge in [0.1, 0.15) is 7.57 Å². The first-order valence-corrected chi connectivity index (χ1v) is 12.9. The van der Waals surface area contributed by atoms with Crippen LogP contribution in [0.15, 0.2) is 78.9 Å². The highest BCUT2D eigenvalue weighted by Crippen LogP contribution is 2.55. The van der Waals surface area contributed by atoms with Gasteiger partial charge in [-0.2, -0.15) is 0 Å². The Balaban J connectivity index is 0.00000235. The number of nitrogens with zero attached hydrogens (tertiary/aromatic N) is 1. The van der Waals surface area contributed by atoms with E-state index in [0.717, 1.165) is 19.0 Å². The van der Waals surface area contributed by atoms with Gasteiger partial charge in [-0.15, -0.1) is 0 Å². The van der Waals surface area contributed by atoms with Crippen molar-refractivity contribution in [2.75, 3.05) is 25.7 Å². The van der Waals surface area contributed by atoms with Gasteiger partial charge in [0.05, 0.1) is 28.7 Å². The molecule has 8 nitrogen and oxygen atoms in total. The number of ether oxygens (including phenoxy) is 1. The van der Waals surface area contributed by atoms with Gasteiger partial charge in [-0.3, -0.25) is 10.1 Å². The van der Waals surface area contributed by atoms with Gasteiger partial charge in [-0.05, 0) is 41.8 Å². The van der Waals surface area contributed by atoms with Crippen molar-refractivity contribution in [3.05, 3.63) is 89.0 Å². The fourth-order valence-corrected chi connectivity index (χ4v) is 6.43. The number of amides is 2. The number of non-ortho nitro benzene ring substituents is 1. The molecule has 0 aliphatic carbocycles. The van der Waals surface area contributed by atoms with Crippen LogP contribution in [0.25, 0.3) is 0 Å². The van der Waals surface area contributed by atoms with E-state index in [1.165, 1.54) is 34.9 Å². The highest BCUT2D eigenvalue weighted by atomic mass is 31.2. The molecule has 0 saturated carbocycles. The molecule has 3 rings (SSSR count). The van der Waals surface area contributed by atoms with Crippen molar-refractivity contribution in [3.8, 4) is 5.75 Å². The first-order valence-electron chi connectivity index (χ1n) is 11.4. The largest absolute Gasteiger partial charge is 0.493 e. The first kappa shape index (κ1) is 29.8. The second-order valence-corrected chi connectivity index (χ2v) is 11.2. The predicted octanol–water partition coefficient (Wildman–Crippen LogP) is 3.70. The number of rotatable bonds is 8. The molecule has 0 aliphatic rings. The minimum absolute atomic E-state index is 0.0160. The van der Waals surface area contributed by atoms with Crippen LogP contribution in [0.2, 0.25) is 0 Å². The Morgan fingerprint density at radius 3 is 2.14 bits per heavy atom. The molecule has 0 heterocycles. The lowest BCUT2D eigenvalue weighted by molar-refractivity contribution is -0.384. The van der Waals surface area contributed by atoms with Crippen LogP contribution >= 0.6 is 7.14 Å². The van der Waals surface area contributed by atoms with Gasteiger partial charge < -0.3 is 20.5 Å². The van der Waals surface area contributed by atoms with Crippen LogP contribution < -0.4 is 26.0 Å². The maximum atomic E-state index is 13.0. The molecule has 0 radical (unpaired) electrons. The van der Waals surface area contributed by atoms with Crippen molar-refractivity contribution < 1.29 is 19.6 Å². The highest BCUT2D eigenvalue weighted by molar-refractivity contribution is 8.08. The summed E-state index contributed by atoms with van der Waals surface area (Å²) in [6, 6.07) is 24.3. The maximum Gasteiger partial charge on any atom is 0.319 e. The summed E-state index contributed by atoms with van der Waals surface area (Å²) < 4.78 is 5.79. The van der Waals surface area contributed by atoms with E-state index >= 15 is 0 Å². The lowest BCUT2D eigenvalue weighted by Crippen LogP contribution is -2.50. The molecule has 2 amide bonds. The van der Waals surface area contributed by atoms with Crippen molar-refractivity contribution in [2.24, 2.45) is 5.41 Å². The quantitative estimate of drug-likeness (QED) is 0.180. The van der Waals surface area contributed by atoms with Gasteiger partial charge in [0.25, 0.3) is 5.69 Å². The highest BCUT2D eigenvalue weighted by Gasteiger charge is 2.40. The molecule has 2 atom stereocenters. The van der Waals surface area contributed by atoms with Gasteiger partial charge in [-0.1, -0.05) is 58.2 Å². The van der Waals surface area contributed by atoms with Gasteiger partial charge in [0, 0.05) is 31.1 Å². The van der Waals surface area contributed by atoms with Crippen LogP contribution in [0.5, 0.6) is 5.75 Å². The Labute approximate surface area is 220 Å². The van der Waals surface area contributed by atoms with Crippen LogP contribution in [0, 0.1) is 15.5 Å². The molecule has 198 valence electrons. The minimum atomic E-state index is -1.73. The third-order valence-corrected chi connectivity index (χ3v) is 8.10. The van der Waals surface area contributed by atoms with Crippen LogP contribution in [0.1, 0.15) is 20.8 Å². The van der Waals surface area contributed by atoms with E-state index in [1.54, 1.807) is 7.11 Å². The molecule has 0 aromatic heterocycles. The number of nitrogens with one attached hydrogen (secondary N) is 2. The van der Waals surface area contributed by atoms with Crippen molar-refractivity contribution in [1.29, 1.82) is 0 Å². The van der Waals surface area contributed by atoms with E-state index < -0.39 is 12.1 Å². The Morgan fingerprint density at radius 2 is 1.59 bits per heavy atom. The molecule has 1 unspecified atom stereocenters. The number of anilines is 1. The summed E-state index contributed by atoms with van der Waals surface area (Å²) in [5.74, 6) is 0.905. The number of aliphatic hydroxyl groups is 1. The molecule has 3 N–H and O–H groups in total. The zero-order valence-corrected chi connectivity index (χ0v) is 22.2. The SMILES string of the molecule is CO.[BH3-][P+](C[C@@H](NC(=O)Nc1ccc([N+](=O)[O-])cc1)C(C)(C)C)(c1ccccc1)c1ccccc1OC. The number of urea groups is 1. The number of benzene rings is 3. The summed E-state index contributed by atoms with van der Waals surface area (Å²) in [5, 5.41) is 26.6. The molecular weight excluding hydrogens is 488 g/mol. The standard InChI is InChI=1S/C26H33BN3O4P.CH4O/c1-26(2,3)24(29-25(31)28-19-14-16-20(17-15-19)30(32)33)18-35(27,21-10-6-5-7-11-21)23-13-9-8-12-22(23)34-4;1-2/h5-17,24H,18H2,1-4,27H3,(H2,28,29,31);2H,1H3/t24-,35?;/m1./s1. The Kier molecular flexibility index (Phi) is 10.7. The Hall–Kier alpha value is -3.42. The number of aliphatic hydroxyl groups excluding tert-OH is 1. The van der Waals surface area contributed by atoms with E-state index in [0.29, 0.717) is 5.69 Å². The maximum absolute atomic E-state index is 13.0. The Morgan fingerprint density at radius 1 is 1.03 bits per heavy atom. The van der Waals surface area contributed by atoms with Crippen molar-refractivity contribution in [2.45, 2.75) is 26.8 Å². The summed E-state index contributed by atoms with van der Waals surface area (Å²) in [6.07, 6.45) is 0.842. The Bertz CT molecular complexity index is 1170. The number of nitro benzene ring substituents is 1. The number of carbonyl (C=O) groups is 1. The average molecular weight is 525 g/mol. The molecule has 0 saturated heterocycles. The van der Waals surface area contributed by atoms with Crippen LogP contribution in [-0.2, 0) is 0 Å².